The molecule has 0 unspecified atom stereocenters. The molecule has 3 aromatic rings. The Hall–Kier alpha value is -3.88. The van der Waals surface area contributed by atoms with Crippen molar-refractivity contribution in [1.82, 2.24) is 5.06 Å². The van der Waals surface area contributed by atoms with Crippen LogP contribution in [0.15, 0.2) is 72.8 Å². The summed E-state index contributed by atoms with van der Waals surface area (Å²) < 4.78 is 17.6. The van der Waals surface area contributed by atoms with Crippen LogP contribution in [-0.4, -0.2) is 43.2 Å². The molecule has 0 bridgehead atoms. The molecule has 0 spiro atoms. The second-order valence-electron chi connectivity index (χ2n) is 8.87. The van der Waals surface area contributed by atoms with Gasteiger partial charge in [-0.15, -0.1) is 0 Å². The number of rotatable bonds is 9. The predicted molar refractivity (Wildman–Crippen MR) is 137 cm³/mol. The Kier molecular flexibility index (Phi) is 7.12. The van der Waals surface area contributed by atoms with Crippen LogP contribution in [0, 0.1) is 5.92 Å². The lowest BCUT2D eigenvalue weighted by molar-refractivity contribution is -0.160. The van der Waals surface area contributed by atoms with Gasteiger partial charge in [-0.25, -0.2) is 4.90 Å². The van der Waals surface area contributed by atoms with Crippen LogP contribution in [-0.2, 0) is 21.0 Å². The minimum absolute atomic E-state index is 0.320. The Balaban J connectivity index is 1.43. The van der Waals surface area contributed by atoms with Gasteiger partial charge in [0, 0.05) is 7.05 Å². The molecule has 2 fully saturated rings. The topological polar surface area (TPSA) is 77.5 Å². The number of imide groups is 1. The van der Waals surface area contributed by atoms with Crippen molar-refractivity contribution in [3.05, 3.63) is 83.9 Å². The van der Waals surface area contributed by atoms with Gasteiger partial charge in [0.2, 0.25) is 5.91 Å². The first kappa shape index (κ1) is 24.8. The summed E-state index contributed by atoms with van der Waals surface area (Å²) >= 11 is 0. The molecule has 2 heterocycles. The first-order chi connectivity index (χ1) is 18.0. The van der Waals surface area contributed by atoms with Crippen LogP contribution in [0.1, 0.15) is 31.0 Å². The van der Waals surface area contributed by atoms with Gasteiger partial charge < -0.3 is 14.2 Å². The van der Waals surface area contributed by atoms with Crippen LogP contribution in [0.4, 0.5) is 5.69 Å². The van der Waals surface area contributed by atoms with Crippen LogP contribution in [0.2, 0.25) is 0 Å². The van der Waals surface area contributed by atoms with Gasteiger partial charge in [0.05, 0.1) is 30.9 Å². The lowest BCUT2D eigenvalue weighted by Crippen LogP contribution is -2.36. The van der Waals surface area contributed by atoms with Crippen molar-refractivity contribution in [2.75, 3.05) is 25.2 Å². The molecule has 0 radical (unpaired) electrons. The first-order valence-electron chi connectivity index (χ1n) is 12.5. The van der Waals surface area contributed by atoms with E-state index in [0.717, 1.165) is 11.1 Å². The van der Waals surface area contributed by atoms with Gasteiger partial charge in [0.1, 0.15) is 12.4 Å². The average molecular weight is 503 g/mol. The molecular weight excluding hydrogens is 472 g/mol. The second kappa shape index (κ2) is 10.6. The van der Waals surface area contributed by atoms with E-state index in [1.165, 1.54) is 4.90 Å². The van der Waals surface area contributed by atoms with Crippen molar-refractivity contribution < 1.29 is 28.6 Å². The molecule has 8 nitrogen and oxygen atoms in total. The number of hydrogen-bond acceptors (Lipinski definition) is 7. The molecule has 2 saturated heterocycles. The number of hydrogen-bond donors (Lipinski definition) is 0. The van der Waals surface area contributed by atoms with Crippen LogP contribution < -0.4 is 19.1 Å². The third kappa shape index (κ3) is 4.65. The fraction of sp³-hybridized carbons (Fsp3) is 0.310. The third-order valence-electron chi connectivity index (χ3n) is 6.56. The zero-order valence-corrected chi connectivity index (χ0v) is 21.1. The number of ether oxygens (including phenoxy) is 3. The summed E-state index contributed by atoms with van der Waals surface area (Å²) in [6.07, 6.45) is -0.915. The fourth-order valence-corrected chi connectivity index (χ4v) is 4.96. The number of para-hydroxylation sites is 2. The maximum absolute atomic E-state index is 13.7. The summed E-state index contributed by atoms with van der Waals surface area (Å²) in [5.41, 5.74) is 2.27. The van der Waals surface area contributed by atoms with Crippen LogP contribution in [0.5, 0.6) is 17.2 Å². The highest BCUT2D eigenvalue weighted by molar-refractivity contribution is 6.24. The molecule has 2 amide bonds. The number of hydroxylamine groups is 2. The number of benzene rings is 3. The summed E-state index contributed by atoms with van der Waals surface area (Å²) in [7, 11) is 1.74. The molecule has 0 N–H and O–H groups in total. The normalized spacial score (nSPS) is 21.3. The van der Waals surface area contributed by atoms with E-state index in [-0.39, 0.29) is 5.91 Å². The van der Waals surface area contributed by atoms with E-state index in [2.05, 4.69) is 0 Å². The first-order valence-corrected chi connectivity index (χ1v) is 12.5. The van der Waals surface area contributed by atoms with E-state index in [1.807, 2.05) is 68.4 Å². The monoisotopic (exact) mass is 502 g/mol. The SMILES string of the molecule is CCOc1cc([C@H]2[C@H]3C(=O)N(c4ccccc4OCC)C(=O)[C@H]3ON2C)ccc1OCc1ccccc1. The smallest absolute Gasteiger partial charge is 0.266 e. The molecule has 37 heavy (non-hydrogen) atoms. The summed E-state index contributed by atoms with van der Waals surface area (Å²) in [6, 6.07) is 22.1. The molecule has 3 aromatic carbocycles. The number of carbonyl (C=O) groups excluding carboxylic acids is 2. The highest BCUT2D eigenvalue weighted by Crippen LogP contribution is 2.47. The minimum Gasteiger partial charge on any atom is -0.492 e. The van der Waals surface area contributed by atoms with E-state index in [4.69, 9.17) is 19.0 Å². The van der Waals surface area contributed by atoms with Crippen molar-refractivity contribution in [3.8, 4) is 17.2 Å². The zero-order chi connectivity index (χ0) is 25.9. The average Bonchev–Trinajstić information content (AvgIpc) is 3.37. The van der Waals surface area contributed by atoms with Crippen LogP contribution in [0.3, 0.4) is 0 Å². The molecule has 8 heteroatoms. The Morgan fingerprint density at radius 1 is 0.784 bits per heavy atom. The van der Waals surface area contributed by atoms with Crippen molar-refractivity contribution >= 4 is 17.5 Å². The van der Waals surface area contributed by atoms with Crippen LogP contribution >= 0.6 is 0 Å². The van der Waals surface area contributed by atoms with Crippen molar-refractivity contribution in [3.63, 3.8) is 0 Å². The molecule has 0 aromatic heterocycles. The van der Waals surface area contributed by atoms with Gasteiger partial charge in [0.25, 0.3) is 5.91 Å². The fourth-order valence-electron chi connectivity index (χ4n) is 4.96. The molecule has 5 rings (SSSR count). The van der Waals surface area contributed by atoms with Gasteiger partial charge >= 0.3 is 0 Å². The summed E-state index contributed by atoms with van der Waals surface area (Å²) in [6.45, 7) is 5.03. The van der Waals surface area contributed by atoms with Crippen LogP contribution in [0.25, 0.3) is 0 Å². The van der Waals surface area contributed by atoms with Gasteiger partial charge in [-0.1, -0.05) is 48.5 Å². The number of anilines is 1. The highest BCUT2D eigenvalue weighted by Gasteiger charge is 2.59. The second-order valence-corrected chi connectivity index (χ2v) is 8.87. The molecule has 2 aliphatic rings. The molecular formula is C29H30N2O6. The Bertz CT molecular complexity index is 1280. The van der Waals surface area contributed by atoms with Crippen molar-refractivity contribution in [2.24, 2.45) is 5.92 Å². The van der Waals surface area contributed by atoms with E-state index in [1.54, 1.807) is 30.3 Å². The Morgan fingerprint density at radius 3 is 2.24 bits per heavy atom. The zero-order valence-electron chi connectivity index (χ0n) is 21.1. The van der Waals surface area contributed by atoms with Crippen molar-refractivity contribution in [2.45, 2.75) is 32.6 Å². The third-order valence-corrected chi connectivity index (χ3v) is 6.56. The molecule has 2 aliphatic heterocycles. The molecule has 192 valence electrons. The van der Waals surface area contributed by atoms with E-state index in [0.29, 0.717) is 42.8 Å². The predicted octanol–water partition coefficient (Wildman–Crippen LogP) is 4.54. The largest absolute Gasteiger partial charge is 0.492 e. The molecule has 0 aliphatic carbocycles. The van der Waals surface area contributed by atoms with Gasteiger partial charge in [0.15, 0.2) is 17.6 Å². The van der Waals surface area contributed by atoms with Gasteiger partial charge in [-0.3, -0.25) is 14.4 Å². The summed E-state index contributed by atoms with van der Waals surface area (Å²) in [5, 5.41) is 1.59. The Labute approximate surface area is 216 Å². The van der Waals surface area contributed by atoms with Crippen molar-refractivity contribution in [1.29, 1.82) is 0 Å². The van der Waals surface area contributed by atoms with E-state index < -0.39 is 24.0 Å². The Morgan fingerprint density at radius 2 is 1.49 bits per heavy atom. The van der Waals surface area contributed by atoms with E-state index >= 15 is 0 Å². The lowest BCUT2D eigenvalue weighted by Gasteiger charge is -2.25. The van der Waals surface area contributed by atoms with Gasteiger partial charge in [-0.2, -0.15) is 5.06 Å². The highest BCUT2D eigenvalue weighted by atomic mass is 16.7. The summed E-state index contributed by atoms with van der Waals surface area (Å²) in [5.74, 6) is 0.229. The maximum atomic E-state index is 13.7. The minimum atomic E-state index is -0.915. The summed E-state index contributed by atoms with van der Waals surface area (Å²) in [4.78, 5) is 34.2. The molecule has 3 atom stereocenters. The number of carbonyl (C=O) groups is 2. The van der Waals surface area contributed by atoms with E-state index in [9.17, 15) is 9.59 Å². The number of amides is 2. The quantitative estimate of drug-likeness (QED) is 0.398. The standard InChI is InChI=1S/C29H30N2O6/c1-4-34-22-14-10-9-13-21(22)31-28(32)25-26(30(3)37-27(25)29(31)33)20-15-16-23(24(17-20)35-5-2)36-18-19-11-7-6-8-12-19/h6-17,25-27H,4-5,18H2,1-3H3/t25-,26+,27+/m1/s1. The number of nitrogens with zero attached hydrogens (tertiary/aromatic N) is 2. The van der Waals surface area contributed by atoms with Gasteiger partial charge in [-0.05, 0) is 49.2 Å². The lowest BCUT2D eigenvalue weighted by atomic mass is 9.91. The maximum Gasteiger partial charge on any atom is 0.266 e. The number of fused-ring (bicyclic) bond motifs is 1. The molecule has 0 saturated carbocycles.